The van der Waals surface area contributed by atoms with Gasteiger partial charge in [0.05, 0.1) is 22.2 Å². The van der Waals surface area contributed by atoms with E-state index in [0.29, 0.717) is 0 Å². The van der Waals surface area contributed by atoms with Gasteiger partial charge in [-0.05, 0) is 173 Å². The van der Waals surface area contributed by atoms with E-state index in [-0.39, 0.29) is 0 Å². The fourth-order valence-electron chi connectivity index (χ4n) is 10.9. The van der Waals surface area contributed by atoms with Crippen LogP contribution in [0.25, 0.3) is 94.3 Å². The first-order chi connectivity index (χ1) is 33.2. The molecule has 1 aromatic heterocycles. The standard InChI is InChI=1S/C64H54BNO2/c1-63(2)64(3,4)68-65(67-63)51-35-29-47(30-36-51)61-59(45-23-13-7-14-24-45)53-27-17-18-28-54(53)60(46-25-15-8-16-26-46)62(61)48-31-37-52(38-32-48)66-57-39-33-49(43-19-9-5-10-20-43)41-55(57)56-42-50(34-40-58(56)66)44-21-11-6-12-22-44/h5-16,19-26,29-42H,17-18,27-28H2,1-4H3. The smallest absolute Gasteiger partial charge is 0.399 e. The monoisotopic (exact) mass is 879 g/mol. The van der Waals surface area contributed by atoms with E-state index >= 15 is 0 Å². The van der Waals surface area contributed by atoms with Crippen molar-refractivity contribution in [3.05, 3.63) is 217 Å². The second-order valence-electron chi connectivity index (χ2n) is 19.7. The van der Waals surface area contributed by atoms with E-state index in [9.17, 15) is 0 Å². The van der Waals surface area contributed by atoms with Crippen LogP contribution in [0.5, 0.6) is 0 Å². The van der Waals surface area contributed by atoms with Crippen molar-refractivity contribution < 1.29 is 9.31 Å². The summed E-state index contributed by atoms with van der Waals surface area (Å²) in [5.41, 5.74) is 21.6. The maximum atomic E-state index is 6.56. The zero-order valence-corrected chi connectivity index (χ0v) is 39.3. The molecule has 0 saturated carbocycles. The molecule has 0 bridgehead atoms. The molecule has 9 aromatic carbocycles. The maximum absolute atomic E-state index is 6.56. The molecule has 330 valence electrons. The maximum Gasteiger partial charge on any atom is 0.494 e. The molecule has 1 aliphatic heterocycles. The van der Waals surface area contributed by atoms with Crippen molar-refractivity contribution in [3.8, 4) is 72.4 Å². The van der Waals surface area contributed by atoms with Crippen LogP contribution in [0.1, 0.15) is 51.7 Å². The minimum Gasteiger partial charge on any atom is -0.399 e. The quantitative estimate of drug-likeness (QED) is 0.142. The summed E-state index contributed by atoms with van der Waals surface area (Å²) in [5.74, 6) is 0. The third-order valence-electron chi connectivity index (χ3n) is 15.1. The molecule has 2 aliphatic rings. The number of hydrogen-bond donors (Lipinski definition) is 0. The largest absolute Gasteiger partial charge is 0.494 e. The molecule has 0 atom stereocenters. The first-order valence-electron chi connectivity index (χ1n) is 24.3. The lowest BCUT2D eigenvalue weighted by Crippen LogP contribution is -2.41. The fraction of sp³-hybridized carbons (Fsp3) is 0.156. The van der Waals surface area contributed by atoms with Gasteiger partial charge < -0.3 is 13.9 Å². The first kappa shape index (κ1) is 42.1. The molecule has 4 heteroatoms. The molecule has 1 fully saturated rings. The van der Waals surface area contributed by atoms with Crippen LogP contribution in [0, 0.1) is 0 Å². The van der Waals surface area contributed by atoms with Gasteiger partial charge in [-0.2, -0.15) is 0 Å². The van der Waals surface area contributed by atoms with E-state index in [4.69, 9.17) is 9.31 Å². The molecule has 1 saturated heterocycles. The molecular weight excluding hydrogens is 826 g/mol. The Hall–Kier alpha value is -7.24. The van der Waals surface area contributed by atoms with Gasteiger partial charge in [-0.1, -0.05) is 170 Å². The highest BCUT2D eigenvalue weighted by molar-refractivity contribution is 6.62. The Morgan fingerprint density at radius 3 is 1.13 bits per heavy atom. The Morgan fingerprint density at radius 2 is 0.721 bits per heavy atom. The molecular formula is C64H54BNO2. The van der Waals surface area contributed by atoms with Gasteiger partial charge in [0.1, 0.15) is 0 Å². The predicted octanol–water partition coefficient (Wildman–Crippen LogP) is 16.0. The summed E-state index contributed by atoms with van der Waals surface area (Å²) >= 11 is 0. The van der Waals surface area contributed by atoms with E-state index < -0.39 is 18.3 Å². The lowest BCUT2D eigenvalue weighted by atomic mass is 9.72. The Morgan fingerprint density at radius 1 is 0.368 bits per heavy atom. The minimum absolute atomic E-state index is 0.422. The Kier molecular flexibility index (Phi) is 10.4. The van der Waals surface area contributed by atoms with Crippen molar-refractivity contribution in [2.75, 3.05) is 0 Å². The van der Waals surface area contributed by atoms with Crippen LogP contribution < -0.4 is 5.46 Å². The zero-order valence-electron chi connectivity index (χ0n) is 39.3. The average molecular weight is 880 g/mol. The number of aromatic nitrogens is 1. The number of nitrogens with zero attached hydrogens (tertiary/aromatic N) is 1. The van der Waals surface area contributed by atoms with Crippen molar-refractivity contribution >= 4 is 34.4 Å². The van der Waals surface area contributed by atoms with Gasteiger partial charge in [-0.25, -0.2) is 0 Å². The summed E-state index contributed by atoms with van der Waals surface area (Å²) in [5, 5.41) is 2.48. The molecule has 0 amide bonds. The summed E-state index contributed by atoms with van der Waals surface area (Å²) in [6, 6.07) is 76.1. The molecule has 0 radical (unpaired) electrons. The molecule has 1 aliphatic carbocycles. The zero-order chi connectivity index (χ0) is 46.0. The van der Waals surface area contributed by atoms with Crippen molar-refractivity contribution in [2.45, 2.75) is 64.6 Å². The fourth-order valence-corrected chi connectivity index (χ4v) is 10.9. The van der Waals surface area contributed by atoms with Gasteiger partial charge in [0.25, 0.3) is 0 Å². The predicted molar refractivity (Wildman–Crippen MR) is 286 cm³/mol. The van der Waals surface area contributed by atoms with Gasteiger partial charge >= 0.3 is 7.12 Å². The third-order valence-corrected chi connectivity index (χ3v) is 15.1. The summed E-state index contributed by atoms with van der Waals surface area (Å²) in [6.07, 6.45) is 4.44. The van der Waals surface area contributed by atoms with Crippen LogP contribution in [0.15, 0.2) is 206 Å². The Labute approximate surface area is 400 Å². The number of rotatable bonds is 8. The van der Waals surface area contributed by atoms with Crippen LogP contribution >= 0.6 is 0 Å². The minimum atomic E-state index is -0.436. The number of benzene rings is 9. The topological polar surface area (TPSA) is 23.4 Å². The molecule has 68 heavy (non-hydrogen) atoms. The lowest BCUT2D eigenvalue weighted by molar-refractivity contribution is 0.00578. The van der Waals surface area contributed by atoms with Crippen LogP contribution in [0.4, 0.5) is 0 Å². The highest BCUT2D eigenvalue weighted by Gasteiger charge is 2.51. The molecule has 3 nitrogen and oxygen atoms in total. The third kappa shape index (κ3) is 7.22. The Balaban J connectivity index is 1.08. The highest BCUT2D eigenvalue weighted by atomic mass is 16.7. The van der Waals surface area contributed by atoms with Gasteiger partial charge in [-0.15, -0.1) is 0 Å². The molecule has 12 rings (SSSR count). The second kappa shape index (κ2) is 16.8. The normalized spacial score (nSPS) is 15.2. The van der Waals surface area contributed by atoms with Crippen LogP contribution in [-0.2, 0) is 22.2 Å². The van der Waals surface area contributed by atoms with E-state index in [1.54, 1.807) is 0 Å². The number of hydrogen-bond acceptors (Lipinski definition) is 2. The Bertz CT molecular complexity index is 3350. The lowest BCUT2D eigenvalue weighted by Gasteiger charge is -2.32. The highest BCUT2D eigenvalue weighted by Crippen LogP contribution is 2.52. The van der Waals surface area contributed by atoms with Gasteiger partial charge in [0.15, 0.2) is 0 Å². The number of fused-ring (bicyclic) bond motifs is 4. The SMILES string of the molecule is CC1(C)OB(c2ccc(-c3c(-c4ccccc4)c4c(c(-c5ccccc5)c3-c3ccc(-n5c6ccc(-c7ccccc7)cc6c6cc(-c7ccccc7)ccc65)cc3)CCCC4)cc2)OC1(C)C. The van der Waals surface area contributed by atoms with E-state index in [1.807, 2.05) is 0 Å². The summed E-state index contributed by atoms with van der Waals surface area (Å²) in [7, 11) is -0.436. The molecule has 10 aromatic rings. The molecule has 0 spiro atoms. The van der Waals surface area contributed by atoms with Crippen LogP contribution in [0.2, 0.25) is 0 Å². The second-order valence-corrected chi connectivity index (χ2v) is 19.7. The summed E-state index contributed by atoms with van der Waals surface area (Å²) < 4.78 is 15.6. The molecule has 0 N–H and O–H groups in total. The average Bonchev–Trinajstić information content (AvgIpc) is 3.83. The van der Waals surface area contributed by atoms with Crippen molar-refractivity contribution in [1.29, 1.82) is 0 Å². The van der Waals surface area contributed by atoms with Gasteiger partial charge in [0, 0.05) is 16.5 Å². The van der Waals surface area contributed by atoms with Crippen molar-refractivity contribution in [3.63, 3.8) is 0 Å². The van der Waals surface area contributed by atoms with Crippen molar-refractivity contribution in [2.24, 2.45) is 0 Å². The van der Waals surface area contributed by atoms with Gasteiger partial charge in [-0.3, -0.25) is 0 Å². The van der Waals surface area contributed by atoms with E-state index in [1.165, 1.54) is 113 Å². The first-order valence-corrected chi connectivity index (χ1v) is 24.3. The van der Waals surface area contributed by atoms with Crippen LogP contribution in [0.3, 0.4) is 0 Å². The van der Waals surface area contributed by atoms with Crippen molar-refractivity contribution in [1.82, 2.24) is 4.57 Å². The van der Waals surface area contributed by atoms with Crippen LogP contribution in [-0.4, -0.2) is 22.9 Å². The van der Waals surface area contributed by atoms with Gasteiger partial charge in [0.2, 0.25) is 0 Å². The van der Waals surface area contributed by atoms with E-state index in [0.717, 1.165) is 24.0 Å². The molecule has 2 heterocycles. The summed E-state index contributed by atoms with van der Waals surface area (Å²) in [6.45, 7) is 8.48. The summed E-state index contributed by atoms with van der Waals surface area (Å²) in [4.78, 5) is 0. The van der Waals surface area contributed by atoms with E-state index in [2.05, 4.69) is 239 Å². The molecule has 0 unspecified atom stereocenters.